The monoisotopic (exact) mass is 629 g/mol. The number of carbonyl (C=O) groups is 3. The van der Waals surface area contributed by atoms with Gasteiger partial charge < -0.3 is 20.0 Å². The number of piperazine rings is 2. The zero-order valence-electron chi connectivity index (χ0n) is 27.3. The fourth-order valence-corrected chi connectivity index (χ4v) is 9.64. The van der Waals surface area contributed by atoms with E-state index in [1.807, 2.05) is 21.9 Å². The van der Waals surface area contributed by atoms with Gasteiger partial charge in [-0.05, 0) is 106 Å². The lowest BCUT2D eigenvalue weighted by molar-refractivity contribution is -0.141. The lowest BCUT2D eigenvalue weighted by atomic mass is 9.49. The molecule has 0 atom stereocenters. The van der Waals surface area contributed by atoms with Crippen LogP contribution in [0.25, 0.3) is 0 Å². The molecule has 4 bridgehead atoms. The first-order valence-electron chi connectivity index (χ1n) is 17.4. The van der Waals surface area contributed by atoms with Crippen molar-refractivity contribution in [2.45, 2.75) is 64.8 Å². The van der Waals surface area contributed by atoms with Crippen LogP contribution in [0.1, 0.15) is 79.5 Å². The van der Waals surface area contributed by atoms with Crippen molar-refractivity contribution < 1.29 is 18.8 Å². The minimum atomic E-state index is -0.588. The smallest absolute Gasteiger partial charge is 0.258 e. The van der Waals surface area contributed by atoms with E-state index in [2.05, 4.69) is 29.0 Å². The van der Waals surface area contributed by atoms with Gasteiger partial charge >= 0.3 is 0 Å². The van der Waals surface area contributed by atoms with Crippen LogP contribution in [0, 0.1) is 29.0 Å². The van der Waals surface area contributed by atoms with Crippen LogP contribution in [0.2, 0.25) is 0 Å². The molecule has 2 aromatic rings. The molecule has 1 N–H and O–H groups in total. The molecular weight excluding hydrogens is 581 g/mol. The van der Waals surface area contributed by atoms with E-state index in [4.69, 9.17) is 0 Å². The molecule has 6 fully saturated rings. The molecule has 3 amide bonds. The number of nitrogens with zero attached hydrogens (tertiary/aromatic N) is 4. The predicted octanol–water partition coefficient (Wildman–Crippen LogP) is 5.50. The highest BCUT2D eigenvalue weighted by Crippen LogP contribution is 2.61. The normalized spacial score (nSPS) is 27.7. The van der Waals surface area contributed by atoms with Gasteiger partial charge in [0.15, 0.2) is 0 Å². The SMILES string of the molecule is CC(C)N1CCN(c2ccc(C(=O)N3CCN(C(=O)CC45CC6CC(CC(C6)C4)C5)CC3)cc2NC(=O)c2ccccc2F)CC1. The van der Waals surface area contributed by atoms with Gasteiger partial charge in [-0.15, -0.1) is 0 Å². The average Bonchev–Trinajstić information content (AvgIpc) is 3.04. The van der Waals surface area contributed by atoms with Gasteiger partial charge in [-0.3, -0.25) is 19.3 Å². The van der Waals surface area contributed by atoms with Gasteiger partial charge in [-0.2, -0.15) is 0 Å². The van der Waals surface area contributed by atoms with Gasteiger partial charge in [0, 0.05) is 70.4 Å². The van der Waals surface area contributed by atoms with Crippen LogP contribution in [0.5, 0.6) is 0 Å². The highest BCUT2D eigenvalue weighted by molar-refractivity contribution is 6.07. The minimum absolute atomic E-state index is 0.0378. The quantitative estimate of drug-likeness (QED) is 0.438. The second kappa shape index (κ2) is 12.6. The summed E-state index contributed by atoms with van der Waals surface area (Å²) in [7, 11) is 0. The summed E-state index contributed by atoms with van der Waals surface area (Å²) >= 11 is 0. The average molecular weight is 630 g/mol. The third-order valence-corrected chi connectivity index (χ3v) is 11.6. The van der Waals surface area contributed by atoms with E-state index in [0.29, 0.717) is 49.9 Å². The van der Waals surface area contributed by atoms with Crippen LogP contribution < -0.4 is 10.2 Å². The number of hydrogen-bond acceptors (Lipinski definition) is 5. The Labute approximate surface area is 272 Å². The van der Waals surface area contributed by atoms with Crippen molar-refractivity contribution >= 4 is 29.1 Å². The standard InChI is InChI=1S/C37H48FN5O3/c1-25(2)40-9-11-41(12-10-40)33-8-7-29(20-32(33)39-35(45)30-5-3-4-6-31(30)38)36(46)43-15-13-42(14-16-43)34(44)24-37-21-26-17-27(22-37)19-28(18-26)23-37/h3-8,20,25-28H,9-19,21-24H2,1-2H3,(H,39,45). The second-order valence-corrected chi connectivity index (χ2v) is 15.0. The molecule has 0 unspecified atom stereocenters. The first-order valence-corrected chi connectivity index (χ1v) is 17.4. The number of amides is 3. The van der Waals surface area contributed by atoms with Crippen molar-refractivity contribution in [3.05, 3.63) is 59.4 Å². The summed E-state index contributed by atoms with van der Waals surface area (Å²) in [5.41, 5.74) is 1.97. The molecule has 0 aromatic heterocycles. The number of rotatable bonds is 7. The molecule has 2 aliphatic heterocycles. The maximum absolute atomic E-state index is 14.5. The molecule has 46 heavy (non-hydrogen) atoms. The van der Waals surface area contributed by atoms with Gasteiger partial charge in [0.05, 0.1) is 16.9 Å². The van der Waals surface area contributed by atoms with Gasteiger partial charge in [0.2, 0.25) is 5.91 Å². The highest BCUT2D eigenvalue weighted by Gasteiger charge is 2.51. The van der Waals surface area contributed by atoms with E-state index in [-0.39, 0.29) is 22.8 Å². The fourth-order valence-electron chi connectivity index (χ4n) is 9.64. The summed E-state index contributed by atoms with van der Waals surface area (Å²) in [4.78, 5) is 48.9. The van der Waals surface area contributed by atoms with E-state index in [0.717, 1.165) is 49.6 Å². The van der Waals surface area contributed by atoms with Crippen LogP contribution in [-0.2, 0) is 4.79 Å². The third-order valence-electron chi connectivity index (χ3n) is 11.6. The first kappa shape index (κ1) is 31.2. The summed E-state index contributed by atoms with van der Waals surface area (Å²) in [5.74, 6) is 1.48. The van der Waals surface area contributed by atoms with Gasteiger partial charge in [-0.25, -0.2) is 4.39 Å². The van der Waals surface area contributed by atoms with E-state index in [9.17, 15) is 18.8 Å². The first-order chi connectivity index (χ1) is 22.2. The molecule has 0 radical (unpaired) electrons. The van der Waals surface area contributed by atoms with Crippen LogP contribution in [0.3, 0.4) is 0 Å². The van der Waals surface area contributed by atoms with Crippen LogP contribution in [0.4, 0.5) is 15.8 Å². The van der Waals surface area contributed by atoms with E-state index >= 15 is 0 Å². The number of benzene rings is 2. The zero-order chi connectivity index (χ0) is 32.0. The van der Waals surface area contributed by atoms with Crippen molar-refractivity contribution in [2.24, 2.45) is 23.2 Å². The Hall–Kier alpha value is -3.46. The second-order valence-electron chi connectivity index (χ2n) is 15.0. The molecular formula is C37H48FN5O3. The highest BCUT2D eigenvalue weighted by atomic mass is 19.1. The van der Waals surface area contributed by atoms with Crippen LogP contribution in [0.15, 0.2) is 42.5 Å². The predicted molar refractivity (Wildman–Crippen MR) is 177 cm³/mol. The molecule has 0 spiro atoms. The number of nitrogens with one attached hydrogen (secondary N) is 1. The van der Waals surface area contributed by atoms with Gasteiger partial charge in [0.1, 0.15) is 5.82 Å². The van der Waals surface area contributed by atoms with Gasteiger partial charge in [0.25, 0.3) is 11.8 Å². The maximum Gasteiger partial charge on any atom is 0.258 e. The van der Waals surface area contributed by atoms with Gasteiger partial charge in [-0.1, -0.05) is 12.1 Å². The summed E-state index contributed by atoms with van der Waals surface area (Å²) < 4.78 is 14.5. The third kappa shape index (κ3) is 6.27. The van der Waals surface area contributed by atoms with E-state index in [1.54, 1.807) is 18.2 Å². The lowest BCUT2D eigenvalue weighted by Gasteiger charge is -2.57. The molecule has 4 aliphatic carbocycles. The Bertz CT molecular complexity index is 1440. The molecule has 2 saturated heterocycles. The number of hydrogen-bond donors (Lipinski definition) is 1. The van der Waals surface area contributed by atoms with Crippen molar-refractivity contribution in [1.29, 1.82) is 0 Å². The molecule has 8 nitrogen and oxygen atoms in total. The molecule has 2 aromatic carbocycles. The van der Waals surface area contributed by atoms with Crippen molar-refractivity contribution in [2.75, 3.05) is 62.6 Å². The Balaban J connectivity index is 1.03. The molecule has 246 valence electrons. The van der Waals surface area contributed by atoms with Crippen molar-refractivity contribution in [1.82, 2.24) is 14.7 Å². The Morgan fingerprint density at radius 3 is 2.04 bits per heavy atom. The topological polar surface area (TPSA) is 76.2 Å². The molecule has 9 heteroatoms. The fraction of sp³-hybridized carbons (Fsp3) is 0.595. The lowest BCUT2D eigenvalue weighted by Crippen LogP contribution is -2.53. The maximum atomic E-state index is 14.5. The van der Waals surface area contributed by atoms with Crippen LogP contribution in [-0.4, -0.2) is 90.8 Å². The Kier molecular flexibility index (Phi) is 8.55. The van der Waals surface area contributed by atoms with E-state index in [1.165, 1.54) is 50.7 Å². The Morgan fingerprint density at radius 2 is 1.43 bits per heavy atom. The minimum Gasteiger partial charge on any atom is -0.367 e. The summed E-state index contributed by atoms with van der Waals surface area (Å²) in [6, 6.07) is 11.8. The zero-order valence-corrected chi connectivity index (χ0v) is 27.3. The van der Waals surface area contributed by atoms with Crippen LogP contribution >= 0.6 is 0 Å². The van der Waals surface area contributed by atoms with Crippen molar-refractivity contribution in [3.8, 4) is 0 Å². The largest absolute Gasteiger partial charge is 0.367 e. The summed E-state index contributed by atoms with van der Waals surface area (Å²) in [6.45, 7) is 9.81. The summed E-state index contributed by atoms with van der Waals surface area (Å²) in [6.07, 6.45) is 8.46. The molecule has 4 saturated carbocycles. The van der Waals surface area contributed by atoms with Crippen molar-refractivity contribution in [3.63, 3.8) is 0 Å². The Morgan fingerprint density at radius 1 is 0.826 bits per heavy atom. The summed E-state index contributed by atoms with van der Waals surface area (Å²) in [5, 5.41) is 2.92. The molecule has 6 aliphatic rings. The molecule has 8 rings (SSSR count). The number of carbonyl (C=O) groups excluding carboxylic acids is 3. The number of anilines is 2. The number of halogens is 1. The van der Waals surface area contributed by atoms with E-state index < -0.39 is 11.7 Å². The molecule has 2 heterocycles.